The maximum absolute atomic E-state index is 12.2. The number of anilines is 1. The molecule has 0 bridgehead atoms. The second-order valence-corrected chi connectivity index (χ2v) is 6.72. The lowest BCUT2D eigenvalue weighted by Gasteiger charge is -2.33. The number of nitrogens with one attached hydrogen (secondary N) is 1. The predicted octanol–water partition coefficient (Wildman–Crippen LogP) is 4.28. The fourth-order valence-electron chi connectivity index (χ4n) is 2.69. The van der Waals surface area contributed by atoms with Crippen LogP contribution in [0, 0.1) is 5.41 Å². The molecule has 20 heavy (non-hydrogen) atoms. The minimum absolute atomic E-state index is 0.152. The van der Waals surface area contributed by atoms with Crippen LogP contribution in [-0.4, -0.2) is 12.5 Å². The number of amides is 1. The number of carbonyl (C=O) groups excluding carboxylic acids is 1. The summed E-state index contributed by atoms with van der Waals surface area (Å²) < 4.78 is 0. The van der Waals surface area contributed by atoms with E-state index >= 15 is 0 Å². The van der Waals surface area contributed by atoms with Crippen LogP contribution in [-0.2, 0) is 0 Å². The second-order valence-electron chi connectivity index (χ2n) is 5.91. The number of nitrogens with two attached hydrogens (primary N) is 1. The van der Waals surface area contributed by atoms with Gasteiger partial charge in [0.15, 0.2) is 0 Å². The van der Waals surface area contributed by atoms with Gasteiger partial charge < -0.3 is 11.1 Å². The molecule has 5 heteroatoms. The zero-order chi connectivity index (χ0) is 14.8. The largest absolute Gasteiger partial charge is 0.396 e. The highest BCUT2D eigenvalue weighted by Crippen LogP contribution is 2.35. The molecule has 1 aliphatic carbocycles. The van der Waals surface area contributed by atoms with Gasteiger partial charge in [0.2, 0.25) is 0 Å². The van der Waals surface area contributed by atoms with Crippen molar-refractivity contribution in [3.05, 3.63) is 27.7 Å². The monoisotopic (exact) mass is 314 g/mol. The van der Waals surface area contributed by atoms with Crippen LogP contribution in [0.25, 0.3) is 0 Å². The predicted molar refractivity (Wildman–Crippen MR) is 84.4 cm³/mol. The first kappa shape index (κ1) is 15.5. The zero-order valence-electron chi connectivity index (χ0n) is 11.6. The molecule has 3 N–H and O–H groups in total. The Morgan fingerprint density at radius 1 is 1.25 bits per heavy atom. The number of carbonyl (C=O) groups is 1. The van der Waals surface area contributed by atoms with E-state index in [1.54, 1.807) is 12.1 Å². The number of benzene rings is 1. The summed E-state index contributed by atoms with van der Waals surface area (Å²) in [5.41, 5.74) is 6.63. The molecular weight excluding hydrogens is 295 g/mol. The highest BCUT2D eigenvalue weighted by Gasteiger charge is 2.27. The van der Waals surface area contributed by atoms with Gasteiger partial charge in [-0.2, -0.15) is 0 Å². The molecule has 0 saturated heterocycles. The highest BCUT2D eigenvalue weighted by molar-refractivity contribution is 6.39. The maximum Gasteiger partial charge on any atom is 0.251 e. The first-order chi connectivity index (χ1) is 9.41. The van der Waals surface area contributed by atoms with Crippen LogP contribution in [0.2, 0.25) is 10.0 Å². The Morgan fingerprint density at radius 2 is 1.80 bits per heavy atom. The third-order valence-electron chi connectivity index (χ3n) is 4.08. The Balaban J connectivity index is 2.01. The molecule has 0 atom stereocenters. The lowest BCUT2D eigenvalue weighted by Crippen LogP contribution is -2.37. The van der Waals surface area contributed by atoms with Crippen molar-refractivity contribution in [1.82, 2.24) is 5.32 Å². The summed E-state index contributed by atoms with van der Waals surface area (Å²) in [5.74, 6) is -0.152. The summed E-state index contributed by atoms with van der Waals surface area (Å²) in [7, 11) is 0. The summed E-state index contributed by atoms with van der Waals surface area (Å²) in [4.78, 5) is 12.2. The summed E-state index contributed by atoms with van der Waals surface area (Å²) in [5, 5.41) is 3.61. The Bertz CT molecular complexity index is 488. The van der Waals surface area contributed by atoms with E-state index < -0.39 is 0 Å². The van der Waals surface area contributed by atoms with E-state index in [2.05, 4.69) is 12.2 Å². The number of halogens is 2. The summed E-state index contributed by atoms with van der Waals surface area (Å²) in [6.07, 6.45) is 6.11. The van der Waals surface area contributed by atoms with Crippen molar-refractivity contribution < 1.29 is 4.79 Å². The molecule has 1 aliphatic rings. The molecule has 1 amide bonds. The fourth-order valence-corrected chi connectivity index (χ4v) is 3.18. The Labute approximate surface area is 129 Å². The van der Waals surface area contributed by atoms with Crippen molar-refractivity contribution in [2.45, 2.75) is 39.0 Å². The van der Waals surface area contributed by atoms with Crippen molar-refractivity contribution >= 4 is 34.8 Å². The van der Waals surface area contributed by atoms with Gasteiger partial charge in [-0.25, -0.2) is 0 Å². The molecule has 0 radical (unpaired) electrons. The van der Waals surface area contributed by atoms with Crippen LogP contribution >= 0.6 is 23.2 Å². The van der Waals surface area contributed by atoms with E-state index in [0.29, 0.717) is 27.8 Å². The summed E-state index contributed by atoms with van der Waals surface area (Å²) in [6.45, 7) is 2.92. The van der Waals surface area contributed by atoms with E-state index in [9.17, 15) is 4.79 Å². The molecule has 0 heterocycles. The molecule has 0 aromatic heterocycles. The molecule has 110 valence electrons. The van der Waals surface area contributed by atoms with Crippen LogP contribution < -0.4 is 11.1 Å². The highest BCUT2D eigenvalue weighted by atomic mass is 35.5. The van der Waals surface area contributed by atoms with E-state index in [-0.39, 0.29) is 11.3 Å². The van der Waals surface area contributed by atoms with Crippen molar-refractivity contribution in [3.8, 4) is 0 Å². The average Bonchev–Trinajstić information content (AvgIpc) is 2.42. The first-order valence-electron chi connectivity index (χ1n) is 6.94. The topological polar surface area (TPSA) is 55.1 Å². The zero-order valence-corrected chi connectivity index (χ0v) is 13.2. The Kier molecular flexibility index (Phi) is 4.82. The van der Waals surface area contributed by atoms with Crippen LogP contribution in [0.1, 0.15) is 49.4 Å². The Morgan fingerprint density at radius 3 is 2.35 bits per heavy atom. The second kappa shape index (κ2) is 6.23. The van der Waals surface area contributed by atoms with Gasteiger partial charge in [0.1, 0.15) is 0 Å². The molecule has 1 fully saturated rings. The normalized spacial score (nSPS) is 17.8. The molecule has 0 spiro atoms. The molecule has 3 nitrogen and oxygen atoms in total. The number of hydrogen-bond acceptors (Lipinski definition) is 2. The summed E-state index contributed by atoms with van der Waals surface area (Å²) in [6, 6.07) is 3.11. The molecule has 0 aliphatic heterocycles. The molecule has 1 saturated carbocycles. The standard InChI is InChI=1S/C15H20Cl2N2O/c1-15(5-3-2-4-6-15)9-19-14(20)10-7-11(16)13(18)12(17)8-10/h7-8H,2-6,9,18H2,1H3,(H,19,20). The molecular formula is C15H20Cl2N2O. The number of hydrogen-bond donors (Lipinski definition) is 2. The van der Waals surface area contributed by atoms with Gasteiger partial charge >= 0.3 is 0 Å². The third-order valence-corrected chi connectivity index (χ3v) is 4.70. The van der Waals surface area contributed by atoms with Crippen LogP contribution in [0.15, 0.2) is 12.1 Å². The number of nitrogen functional groups attached to an aromatic ring is 1. The van der Waals surface area contributed by atoms with Gasteiger partial charge in [-0.1, -0.05) is 49.4 Å². The van der Waals surface area contributed by atoms with E-state index in [4.69, 9.17) is 28.9 Å². The van der Waals surface area contributed by atoms with Crippen molar-refractivity contribution in [1.29, 1.82) is 0 Å². The molecule has 2 rings (SSSR count). The van der Waals surface area contributed by atoms with Crippen LogP contribution in [0.5, 0.6) is 0 Å². The van der Waals surface area contributed by atoms with Crippen molar-refractivity contribution in [2.75, 3.05) is 12.3 Å². The van der Waals surface area contributed by atoms with Gasteiger partial charge in [-0.05, 0) is 30.4 Å². The third kappa shape index (κ3) is 3.58. The minimum atomic E-state index is -0.152. The molecule has 1 aromatic carbocycles. The van der Waals surface area contributed by atoms with Crippen LogP contribution in [0.4, 0.5) is 5.69 Å². The van der Waals surface area contributed by atoms with Gasteiger partial charge in [0, 0.05) is 12.1 Å². The molecule has 1 aromatic rings. The van der Waals surface area contributed by atoms with Crippen LogP contribution in [0.3, 0.4) is 0 Å². The Hall–Kier alpha value is -0.930. The van der Waals surface area contributed by atoms with E-state index in [0.717, 1.165) is 12.8 Å². The minimum Gasteiger partial charge on any atom is -0.396 e. The smallest absolute Gasteiger partial charge is 0.251 e. The van der Waals surface area contributed by atoms with Gasteiger partial charge in [0.05, 0.1) is 15.7 Å². The van der Waals surface area contributed by atoms with Crippen molar-refractivity contribution in [3.63, 3.8) is 0 Å². The summed E-state index contributed by atoms with van der Waals surface area (Å²) >= 11 is 11.9. The van der Waals surface area contributed by atoms with E-state index in [1.165, 1.54) is 19.3 Å². The van der Waals surface area contributed by atoms with Gasteiger partial charge in [0.25, 0.3) is 5.91 Å². The number of rotatable bonds is 3. The maximum atomic E-state index is 12.2. The fraction of sp³-hybridized carbons (Fsp3) is 0.533. The van der Waals surface area contributed by atoms with Gasteiger partial charge in [-0.3, -0.25) is 4.79 Å². The van der Waals surface area contributed by atoms with Crippen molar-refractivity contribution in [2.24, 2.45) is 5.41 Å². The lowest BCUT2D eigenvalue weighted by molar-refractivity contribution is 0.0919. The quantitative estimate of drug-likeness (QED) is 0.818. The average molecular weight is 315 g/mol. The lowest BCUT2D eigenvalue weighted by atomic mass is 9.76. The SMILES string of the molecule is CC1(CNC(=O)c2cc(Cl)c(N)c(Cl)c2)CCCCC1. The first-order valence-corrected chi connectivity index (χ1v) is 7.70. The van der Waals surface area contributed by atoms with Gasteiger partial charge in [-0.15, -0.1) is 0 Å². The van der Waals surface area contributed by atoms with E-state index in [1.807, 2.05) is 0 Å². The molecule has 0 unspecified atom stereocenters.